The van der Waals surface area contributed by atoms with Gasteiger partial charge in [0.25, 0.3) is 0 Å². The number of hydrogen-bond acceptors (Lipinski definition) is 4. The van der Waals surface area contributed by atoms with Gasteiger partial charge in [0, 0.05) is 60.6 Å². The van der Waals surface area contributed by atoms with Gasteiger partial charge in [-0.1, -0.05) is 121 Å². The standard InChI is InChI=1S/C64H36N4O2/c65-35-43-29-44(67-54-23-19-39(32-51(54)63-45-11-3-1-9-37(45)17-25-56(63)67)41-21-27-61-49(30-41)47-13-5-7-15-59(47)69-61)34-58(53(43)36-66)68-55-24-20-40(33-52(55)64-46-12-4-2-10-38(46)18-26-57(64)68)42-22-28-62-50(31-42)48-14-6-8-16-60(48)70-62/h1-35,65H. The zero-order valence-corrected chi connectivity index (χ0v) is 37.4. The maximum atomic E-state index is 11.1. The molecule has 1 N–H and O–H groups in total. The van der Waals surface area contributed by atoms with Crippen molar-refractivity contribution in [3.63, 3.8) is 0 Å². The van der Waals surface area contributed by atoms with Crippen molar-refractivity contribution in [1.29, 1.82) is 10.7 Å². The first-order valence-electron chi connectivity index (χ1n) is 23.4. The molecule has 0 radical (unpaired) electrons. The van der Waals surface area contributed by atoms with Crippen molar-refractivity contribution in [2.45, 2.75) is 0 Å². The molecule has 0 aliphatic heterocycles. The summed E-state index contributed by atoms with van der Waals surface area (Å²) < 4.78 is 17.0. The Hall–Kier alpha value is -9.70. The van der Waals surface area contributed by atoms with E-state index in [2.05, 4.69) is 191 Å². The van der Waals surface area contributed by atoms with Crippen LogP contribution in [0, 0.1) is 16.7 Å². The van der Waals surface area contributed by atoms with Gasteiger partial charge in [0.05, 0.1) is 33.3 Å². The highest BCUT2D eigenvalue weighted by Crippen LogP contribution is 2.44. The van der Waals surface area contributed by atoms with Crippen LogP contribution in [-0.2, 0) is 0 Å². The fourth-order valence-electron chi connectivity index (χ4n) is 11.5. The van der Waals surface area contributed by atoms with Gasteiger partial charge >= 0.3 is 0 Å². The second-order valence-electron chi connectivity index (χ2n) is 18.3. The molecule has 4 heterocycles. The van der Waals surface area contributed by atoms with Gasteiger partial charge in [-0.25, -0.2) is 0 Å². The van der Waals surface area contributed by atoms with Crippen molar-refractivity contribution in [2.24, 2.45) is 0 Å². The quantitative estimate of drug-likeness (QED) is 0.175. The van der Waals surface area contributed by atoms with E-state index in [0.29, 0.717) is 16.8 Å². The summed E-state index contributed by atoms with van der Waals surface area (Å²) in [6.07, 6.45) is 1.32. The van der Waals surface area contributed by atoms with Crippen LogP contribution in [0.3, 0.4) is 0 Å². The Morgan fingerprint density at radius 2 is 0.814 bits per heavy atom. The first kappa shape index (κ1) is 38.4. The largest absolute Gasteiger partial charge is 0.456 e. The van der Waals surface area contributed by atoms with Crippen molar-refractivity contribution in [3.8, 4) is 39.7 Å². The predicted molar refractivity (Wildman–Crippen MR) is 288 cm³/mol. The van der Waals surface area contributed by atoms with Crippen LogP contribution >= 0.6 is 0 Å². The Morgan fingerprint density at radius 1 is 0.386 bits per heavy atom. The van der Waals surface area contributed by atoms with Gasteiger partial charge in [0.2, 0.25) is 0 Å². The Bertz CT molecular complexity index is 4820. The number of nitrogens with one attached hydrogen (secondary N) is 1. The number of hydrogen-bond donors (Lipinski definition) is 1. The number of benzene rings is 11. The van der Waals surface area contributed by atoms with Crippen molar-refractivity contribution in [2.75, 3.05) is 0 Å². The average molecular weight is 893 g/mol. The molecule has 0 saturated carbocycles. The highest BCUT2D eigenvalue weighted by molar-refractivity contribution is 6.24. The third-order valence-corrected chi connectivity index (χ3v) is 14.6. The molecule has 15 aromatic rings. The second-order valence-corrected chi connectivity index (χ2v) is 18.3. The number of para-hydroxylation sites is 2. The minimum Gasteiger partial charge on any atom is -0.456 e. The summed E-state index contributed by atoms with van der Waals surface area (Å²) in [7, 11) is 0. The summed E-state index contributed by atoms with van der Waals surface area (Å²) in [4.78, 5) is 0. The lowest BCUT2D eigenvalue weighted by Crippen LogP contribution is -2.05. The van der Waals surface area contributed by atoms with E-state index in [1.807, 2.05) is 30.3 Å². The van der Waals surface area contributed by atoms with Gasteiger partial charge in [-0.2, -0.15) is 5.26 Å². The van der Waals surface area contributed by atoms with E-state index in [0.717, 1.165) is 137 Å². The molecular weight excluding hydrogens is 857 g/mol. The summed E-state index contributed by atoms with van der Waals surface area (Å²) in [5.74, 6) is 0. The summed E-state index contributed by atoms with van der Waals surface area (Å²) >= 11 is 0. The van der Waals surface area contributed by atoms with Crippen LogP contribution in [0.5, 0.6) is 0 Å². The van der Waals surface area contributed by atoms with E-state index in [1.54, 1.807) is 0 Å². The maximum Gasteiger partial charge on any atom is 0.135 e. The van der Waals surface area contributed by atoms with E-state index < -0.39 is 0 Å². The normalized spacial score (nSPS) is 12.0. The van der Waals surface area contributed by atoms with Crippen LogP contribution in [0.15, 0.2) is 215 Å². The SMILES string of the molecule is N#Cc1c(C=N)cc(-n2c3ccc(-c4ccc5oc6ccccc6c5c4)cc3c3c4ccccc4ccc32)cc1-n1c2ccc(-c3ccc4oc5ccccc5c4c3)cc2c2c3ccccc3ccc21. The van der Waals surface area contributed by atoms with Gasteiger partial charge in [0.1, 0.15) is 28.4 Å². The molecule has 6 nitrogen and oxygen atoms in total. The molecule has 15 rings (SSSR count). The summed E-state index contributed by atoms with van der Waals surface area (Å²) in [6.45, 7) is 0. The minimum absolute atomic E-state index is 0.433. The lowest BCUT2D eigenvalue weighted by molar-refractivity contribution is 0.668. The lowest BCUT2D eigenvalue weighted by atomic mass is 9.99. The number of fused-ring (bicyclic) bond motifs is 16. The number of nitriles is 1. The van der Waals surface area contributed by atoms with Gasteiger partial charge < -0.3 is 23.4 Å². The molecule has 0 bridgehead atoms. The topological polar surface area (TPSA) is 83.8 Å². The summed E-state index contributed by atoms with van der Waals surface area (Å²) in [6, 6.07) is 75.2. The van der Waals surface area contributed by atoms with E-state index in [9.17, 15) is 5.26 Å². The fourth-order valence-corrected chi connectivity index (χ4v) is 11.5. The van der Waals surface area contributed by atoms with Crippen molar-refractivity contribution in [1.82, 2.24) is 9.13 Å². The third kappa shape index (κ3) is 5.40. The molecule has 0 atom stereocenters. The van der Waals surface area contributed by atoms with Crippen LogP contribution in [0.4, 0.5) is 0 Å². The number of furan rings is 2. The lowest BCUT2D eigenvalue weighted by Gasteiger charge is -2.17. The van der Waals surface area contributed by atoms with Gasteiger partial charge in [0.15, 0.2) is 0 Å². The van der Waals surface area contributed by atoms with Crippen molar-refractivity contribution < 1.29 is 8.83 Å². The molecule has 4 aromatic heterocycles. The molecule has 0 amide bonds. The third-order valence-electron chi connectivity index (χ3n) is 14.6. The van der Waals surface area contributed by atoms with Crippen LogP contribution in [0.25, 0.3) is 143 Å². The maximum absolute atomic E-state index is 11.1. The van der Waals surface area contributed by atoms with Crippen molar-refractivity contribution >= 4 is 115 Å². The molecule has 0 aliphatic carbocycles. The van der Waals surface area contributed by atoms with E-state index in [-0.39, 0.29) is 0 Å². The molecule has 6 heteroatoms. The zero-order chi connectivity index (χ0) is 46.2. The molecule has 11 aromatic carbocycles. The number of aromatic nitrogens is 2. The molecular formula is C64H36N4O2. The monoisotopic (exact) mass is 892 g/mol. The zero-order valence-electron chi connectivity index (χ0n) is 37.4. The molecule has 324 valence electrons. The van der Waals surface area contributed by atoms with Gasteiger partial charge in [-0.3, -0.25) is 0 Å². The van der Waals surface area contributed by atoms with Crippen LogP contribution in [-0.4, -0.2) is 15.3 Å². The van der Waals surface area contributed by atoms with Gasteiger partial charge in [-0.15, -0.1) is 0 Å². The minimum atomic E-state index is 0.433. The number of nitrogens with zero attached hydrogens (tertiary/aromatic N) is 3. The Morgan fingerprint density at radius 3 is 1.34 bits per heavy atom. The highest BCUT2D eigenvalue weighted by atomic mass is 16.3. The average Bonchev–Trinajstić information content (AvgIpc) is 4.17. The molecule has 0 unspecified atom stereocenters. The van der Waals surface area contributed by atoms with E-state index in [1.165, 1.54) is 6.21 Å². The summed E-state index contributed by atoms with van der Waals surface area (Å²) in [5.41, 5.74) is 14.4. The molecule has 70 heavy (non-hydrogen) atoms. The molecule has 0 saturated heterocycles. The van der Waals surface area contributed by atoms with Gasteiger partial charge in [-0.05, 0) is 129 Å². The first-order chi connectivity index (χ1) is 34.6. The van der Waals surface area contributed by atoms with Crippen LogP contribution in [0.1, 0.15) is 11.1 Å². The first-order valence-corrected chi connectivity index (χ1v) is 23.4. The van der Waals surface area contributed by atoms with Crippen molar-refractivity contribution in [3.05, 3.63) is 217 Å². The smallest absolute Gasteiger partial charge is 0.135 e. The number of rotatable bonds is 5. The Labute approximate surface area is 399 Å². The molecule has 0 aliphatic rings. The van der Waals surface area contributed by atoms with E-state index >= 15 is 0 Å². The summed E-state index contributed by atoms with van der Waals surface area (Å²) in [5, 5.41) is 33.3. The predicted octanol–water partition coefficient (Wildman–Crippen LogP) is 17.2. The van der Waals surface area contributed by atoms with Crippen LogP contribution < -0.4 is 0 Å². The second kappa shape index (κ2) is 14.4. The highest BCUT2D eigenvalue weighted by Gasteiger charge is 2.23. The van der Waals surface area contributed by atoms with Crippen LogP contribution in [0.2, 0.25) is 0 Å². The Balaban J connectivity index is 0.983. The molecule has 0 fully saturated rings. The van der Waals surface area contributed by atoms with E-state index in [4.69, 9.17) is 14.2 Å². The Kier molecular flexibility index (Phi) is 7.90. The molecule has 0 spiro atoms. The fraction of sp³-hybridized carbons (Fsp3) is 0.